The van der Waals surface area contributed by atoms with Crippen LogP contribution in [-0.2, 0) is 4.79 Å². The third-order valence-corrected chi connectivity index (χ3v) is 2.00. The molecule has 2 heteroatoms. The Kier molecular flexibility index (Phi) is 3.57. The summed E-state index contributed by atoms with van der Waals surface area (Å²) in [7, 11) is 0. The van der Waals surface area contributed by atoms with E-state index in [1.54, 1.807) is 32.1 Å². The van der Waals surface area contributed by atoms with Gasteiger partial charge in [0.2, 0.25) is 0 Å². The number of hydrogen-bond acceptors (Lipinski definition) is 1. The molecule has 0 saturated heterocycles. The van der Waals surface area contributed by atoms with Crippen LogP contribution in [0.4, 0.5) is 4.39 Å². The molecule has 14 heavy (non-hydrogen) atoms. The quantitative estimate of drug-likeness (QED) is 0.673. The molecule has 0 unspecified atom stereocenters. The lowest BCUT2D eigenvalue weighted by Crippen LogP contribution is -1.88. The van der Waals surface area contributed by atoms with Gasteiger partial charge in [-0.15, -0.1) is 0 Å². The highest BCUT2D eigenvalue weighted by Gasteiger charge is 2.01. The van der Waals surface area contributed by atoms with E-state index in [4.69, 9.17) is 0 Å². The Morgan fingerprint density at radius 3 is 2.36 bits per heavy atom. The predicted octanol–water partition coefficient (Wildman–Crippen LogP) is 3.04. The topological polar surface area (TPSA) is 17.1 Å². The van der Waals surface area contributed by atoms with Crippen molar-refractivity contribution in [3.05, 3.63) is 40.7 Å². The van der Waals surface area contributed by atoms with Crippen LogP contribution in [0, 0.1) is 19.7 Å². The lowest BCUT2D eigenvalue weighted by atomic mass is 10.1. The molecule has 0 spiro atoms. The van der Waals surface area contributed by atoms with E-state index in [0.29, 0.717) is 17.5 Å². The average Bonchev–Trinajstić information content (AvgIpc) is 2.14. The standard InChI is InChI=1S/C12H13FO/c1-9-7-11(5-3-4-6-14)8-10(2)12(9)13/h3,5-8H,4H2,1-2H3. The molecule has 1 aromatic carbocycles. The Labute approximate surface area is 83.3 Å². The highest BCUT2D eigenvalue weighted by atomic mass is 19.1. The minimum atomic E-state index is -0.155. The Morgan fingerprint density at radius 1 is 1.29 bits per heavy atom. The zero-order chi connectivity index (χ0) is 10.6. The molecule has 0 heterocycles. The number of halogens is 1. The van der Waals surface area contributed by atoms with Crippen LogP contribution in [0.3, 0.4) is 0 Å². The Hall–Kier alpha value is -1.44. The number of carbonyl (C=O) groups excluding carboxylic acids is 1. The van der Waals surface area contributed by atoms with Crippen LogP contribution in [0.1, 0.15) is 23.1 Å². The molecular weight excluding hydrogens is 179 g/mol. The summed E-state index contributed by atoms with van der Waals surface area (Å²) in [6.07, 6.45) is 4.82. The van der Waals surface area contributed by atoms with E-state index >= 15 is 0 Å². The first-order chi connectivity index (χ1) is 6.65. The largest absolute Gasteiger partial charge is 0.303 e. The molecule has 0 aliphatic heterocycles. The third-order valence-electron chi connectivity index (χ3n) is 2.00. The molecule has 0 aromatic heterocycles. The number of rotatable bonds is 3. The fourth-order valence-electron chi connectivity index (χ4n) is 1.34. The third kappa shape index (κ3) is 2.52. The highest BCUT2D eigenvalue weighted by molar-refractivity contribution is 5.58. The first kappa shape index (κ1) is 10.6. The van der Waals surface area contributed by atoms with Gasteiger partial charge in [-0.3, -0.25) is 0 Å². The second-order valence-corrected chi connectivity index (χ2v) is 3.27. The smallest absolute Gasteiger partial charge is 0.129 e. The van der Waals surface area contributed by atoms with Gasteiger partial charge in [-0.1, -0.05) is 12.2 Å². The summed E-state index contributed by atoms with van der Waals surface area (Å²) in [5, 5.41) is 0. The summed E-state index contributed by atoms with van der Waals surface area (Å²) in [6.45, 7) is 3.47. The van der Waals surface area contributed by atoms with Crippen molar-refractivity contribution in [2.75, 3.05) is 0 Å². The van der Waals surface area contributed by atoms with Gasteiger partial charge in [0.15, 0.2) is 0 Å². The van der Waals surface area contributed by atoms with Crippen molar-refractivity contribution in [3.8, 4) is 0 Å². The summed E-state index contributed by atoms with van der Waals surface area (Å²) < 4.78 is 13.2. The van der Waals surface area contributed by atoms with Crippen LogP contribution in [-0.4, -0.2) is 6.29 Å². The zero-order valence-electron chi connectivity index (χ0n) is 8.38. The van der Waals surface area contributed by atoms with E-state index in [1.807, 2.05) is 6.08 Å². The monoisotopic (exact) mass is 192 g/mol. The predicted molar refractivity (Wildman–Crippen MR) is 55.6 cm³/mol. The summed E-state index contributed by atoms with van der Waals surface area (Å²) in [5.41, 5.74) is 2.20. The lowest BCUT2D eigenvalue weighted by Gasteiger charge is -2.02. The van der Waals surface area contributed by atoms with Crippen LogP contribution in [0.15, 0.2) is 18.2 Å². The van der Waals surface area contributed by atoms with Crippen molar-refractivity contribution >= 4 is 12.4 Å². The maximum atomic E-state index is 13.2. The van der Waals surface area contributed by atoms with Crippen LogP contribution < -0.4 is 0 Å². The Bertz CT molecular complexity index is 344. The van der Waals surface area contributed by atoms with Crippen molar-refractivity contribution in [3.63, 3.8) is 0 Å². The molecule has 0 saturated carbocycles. The first-order valence-electron chi connectivity index (χ1n) is 4.52. The molecule has 0 radical (unpaired) electrons. The number of carbonyl (C=O) groups is 1. The number of benzene rings is 1. The van der Waals surface area contributed by atoms with E-state index in [0.717, 1.165) is 11.8 Å². The number of hydrogen-bond donors (Lipinski definition) is 0. The molecule has 0 N–H and O–H groups in total. The SMILES string of the molecule is Cc1cc(C=CCC=O)cc(C)c1F. The van der Waals surface area contributed by atoms with Crippen molar-refractivity contribution in [1.82, 2.24) is 0 Å². The van der Waals surface area contributed by atoms with Gasteiger partial charge in [0.1, 0.15) is 12.1 Å². The normalized spacial score (nSPS) is 10.8. The van der Waals surface area contributed by atoms with Crippen molar-refractivity contribution in [1.29, 1.82) is 0 Å². The lowest BCUT2D eigenvalue weighted by molar-refractivity contribution is -0.107. The fourth-order valence-corrected chi connectivity index (χ4v) is 1.34. The van der Waals surface area contributed by atoms with Gasteiger partial charge < -0.3 is 4.79 Å². The Morgan fingerprint density at radius 2 is 1.86 bits per heavy atom. The van der Waals surface area contributed by atoms with Crippen molar-refractivity contribution in [2.24, 2.45) is 0 Å². The van der Waals surface area contributed by atoms with Crippen LogP contribution >= 0.6 is 0 Å². The zero-order valence-corrected chi connectivity index (χ0v) is 8.38. The van der Waals surface area contributed by atoms with Crippen LogP contribution in [0.5, 0.6) is 0 Å². The maximum Gasteiger partial charge on any atom is 0.129 e. The molecule has 0 aliphatic carbocycles. The second-order valence-electron chi connectivity index (χ2n) is 3.27. The summed E-state index contributed by atoms with van der Waals surface area (Å²) in [6, 6.07) is 3.53. The average molecular weight is 192 g/mol. The van der Waals surface area contributed by atoms with E-state index in [2.05, 4.69) is 0 Å². The van der Waals surface area contributed by atoms with Gasteiger partial charge in [0.25, 0.3) is 0 Å². The van der Waals surface area contributed by atoms with Crippen molar-refractivity contribution < 1.29 is 9.18 Å². The molecule has 0 fully saturated rings. The van der Waals surface area contributed by atoms with E-state index < -0.39 is 0 Å². The molecular formula is C12H13FO. The van der Waals surface area contributed by atoms with Gasteiger partial charge in [-0.25, -0.2) is 4.39 Å². The van der Waals surface area contributed by atoms with E-state index in [-0.39, 0.29) is 5.82 Å². The van der Waals surface area contributed by atoms with Crippen molar-refractivity contribution in [2.45, 2.75) is 20.3 Å². The molecule has 0 bridgehead atoms. The van der Waals surface area contributed by atoms with Gasteiger partial charge in [0, 0.05) is 6.42 Å². The molecule has 1 nitrogen and oxygen atoms in total. The minimum Gasteiger partial charge on any atom is -0.303 e. The number of aryl methyl sites for hydroxylation is 2. The minimum absolute atomic E-state index is 0.155. The van der Waals surface area contributed by atoms with E-state index in [1.165, 1.54) is 0 Å². The van der Waals surface area contributed by atoms with Gasteiger partial charge >= 0.3 is 0 Å². The Balaban J connectivity index is 2.95. The molecule has 0 atom stereocenters. The summed E-state index contributed by atoms with van der Waals surface area (Å²) in [5.74, 6) is -0.155. The maximum absolute atomic E-state index is 13.2. The summed E-state index contributed by atoms with van der Waals surface area (Å²) in [4.78, 5) is 10.1. The molecule has 74 valence electrons. The first-order valence-corrected chi connectivity index (χ1v) is 4.52. The molecule has 0 aliphatic rings. The summed E-state index contributed by atoms with van der Waals surface area (Å²) >= 11 is 0. The second kappa shape index (κ2) is 4.70. The molecule has 0 amide bonds. The molecule has 1 aromatic rings. The van der Waals surface area contributed by atoms with Crippen LogP contribution in [0.2, 0.25) is 0 Å². The van der Waals surface area contributed by atoms with E-state index in [9.17, 15) is 9.18 Å². The van der Waals surface area contributed by atoms with Gasteiger partial charge in [-0.05, 0) is 42.7 Å². The van der Waals surface area contributed by atoms with Crippen LogP contribution in [0.25, 0.3) is 6.08 Å². The fraction of sp³-hybridized carbons (Fsp3) is 0.250. The number of allylic oxidation sites excluding steroid dienone is 1. The number of aldehydes is 1. The van der Waals surface area contributed by atoms with Gasteiger partial charge in [-0.2, -0.15) is 0 Å². The highest BCUT2D eigenvalue weighted by Crippen LogP contribution is 2.15. The molecule has 1 rings (SSSR count). The van der Waals surface area contributed by atoms with Gasteiger partial charge in [0.05, 0.1) is 0 Å².